The van der Waals surface area contributed by atoms with E-state index in [1.54, 1.807) is 6.20 Å². The summed E-state index contributed by atoms with van der Waals surface area (Å²) in [4.78, 5) is 27.7. The van der Waals surface area contributed by atoms with E-state index in [4.69, 9.17) is 9.47 Å². The maximum Gasteiger partial charge on any atom is 0.224 e. The molecule has 1 saturated carbocycles. The van der Waals surface area contributed by atoms with Gasteiger partial charge in [-0.25, -0.2) is 0 Å². The first-order valence-corrected chi connectivity index (χ1v) is 13.8. The number of benzene rings is 3. The lowest BCUT2D eigenvalue weighted by molar-refractivity contribution is 0.0830. The third-order valence-corrected chi connectivity index (χ3v) is 8.39. The van der Waals surface area contributed by atoms with Crippen molar-refractivity contribution in [2.75, 3.05) is 18.2 Å². The molecule has 2 atom stereocenters. The molecule has 1 spiro atoms. The van der Waals surface area contributed by atoms with Crippen LogP contribution in [0.3, 0.4) is 0 Å². The van der Waals surface area contributed by atoms with E-state index in [1.165, 1.54) is 6.07 Å². The largest absolute Gasteiger partial charge is 0.489 e. The molecule has 0 radical (unpaired) electrons. The fourth-order valence-electron chi connectivity index (χ4n) is 6.19. The van der Waals surface area contributed by atoms with Gasteiger partial charge in [-0.1, -0.05) is 91.0 Å². The quantitative estimate of drug-likeness (QED) is 0.317. The molecular formula is C34H30N2O4. The molecule has 2 unspecified atom stereocenters. The zero-order valence-corrected chi connectivity index (χ0v) is 22.1. The molecular weight excluding hydrogens is 500 g/mol. The number of Topliss-reactive ketones (excluding diaryl/α,β-unsaturated/α-hetero) is 1. The summed E-state index contributed by atoms with van der Waals surface area (Å²) in [6, 6.07) is 29.3. The molecule has 1 aromatic heterocycles. The number of ether oxygens (including phenoxy) is 2. The second-order valence-electron chi connectivity index (χ2n) is 10.8. The van der Waals surface area contributed by atoms with Gasteiger partial charge in [0.25, 0.3) is 0 Å². The number of para-hydroxylation sites is 1. The van der Waals surface area contributed by atoms with Gasteiger partial charge in [0, 0.05) is 29.8 Å². The van der Waals surface area contributed by atoms with Crippen molar-refractivity contribution in [1.82, 2.24) is 4.68 Å². The normalized spacial score (nSPS) is 21.4. The topological polar surface area (TPSA) is 60.8 Å². The van der Waals surface area contributed by atoms with Gasteiger partial charge < -0.3 is 9.47 Å². The number of carbonyl (C=O) groups excluding carboxylic acids is 1. The van der Waals surface area contributed by atoms with Crippen LogP contribution in [0, 0.1) is 11.3 Å². The number of pyridine rings is 1. The predicted octanol–water partition coefficient (Wildman–Crippen LogP) is 5.70. The molecule has 1 aliphatic carbocycles. The van der Waals surface area contributed by atoms with Gasteiger partial charge in [-0.3, -0.25) is 19.3 Å². The Hall–Kier alpha value is -4.58. The Kier molecular flexibility index (Phi) is 6.03. The maximum atomic E-state index is 14.4. The lowest BCUT2D eigenvalue weighted by Crippen LogP contribution is -2.52. The molecule has 40 heavy (non-hydrogen) atoms. The fourth-order valence-corrected chi connectivity index (χ4v) is 6.19. The Morgan fingerprint density at radius 1 is 0.875 bits per heavy atom. The zero-order valence-electron chi connectivity index (χ0n) is 22.1. The molecule has 1 fully saturated rings. The highest BCUT2D eigenvalue weighted by molar-refractivity contribution is 6.01. The van der Waals surface area contributed by atoms with Crippen LogP contribution in [0.2, 0.25) is 0 Å². The van der Waals surface area contributed by atoms with Gasteiger partial charge in [0.1, 0.15) is 19.0 Å². The summed E-state index contributed by atoms with van der Waals surface area (Å²) in [5, 5.41) is 2.22. The summed E-state index contributed by atoms with van der Waals surface area (Å²) < 4.78 is 14.3. The average Bonchev–Trinajstić information content (AvgIpc) is 3.78. The van der Waals surface area contributed by atoms with Crippen LogP contribution in [-0.4, -0.2) is 23.6 Å². The van der Waals surface area contributed by atoms with E-state index in [-0.39, 0.29) is 40.9 Å². The predicted molar refractivity (Wildman–Crippen MR) is 153 cm³/mol. The summed E-state index contributed by atoms with van der Waals surface area (Å²) >= 11 is 0. The smallest absolute Gasteiger partial charge is 0.224 e. The zero-order chi connectivity index (χ0) is 27.1. The third kappa shape index (κ3) is 4.20. The molecule has 6 heteroatoms. The third-order valence-electron chi connectivity index (χ3n) is 8.39. The van der Waals surface area contributed by atoms with Crippen molar-refractivity contribution in [2.24, 2.45) is 11.3 Å². The molecule has 3 aliphatic rings. The van der Waals surface area contributed by atoms with E-state index in [2.05, 4.69) is 29.3 Å². The van der Waals surface area contributed by atoms with Gasteiger partial charge in [-0.15, -0.1) is 0 Å². The minimum absolute atomic E-state index is 0.0422. The van der Waals surface area contributed by atoms with Crippen molar-refractivity contribution in [3.05, 3.63) is 142 Å². The molecule has 3 aromatic carbocycles. The summed E-state index contributed by atoms with van der Waals surface area (Å²) in [5.74, 6) is 0.543. The van der Waals surface area contributed by atoms with Crippen LogP contribution in [0.25, 0.3) is 0 Å². The molecule has 0 amide bonds. The second-order valence-corrected chi connectivity index (χ2v) is 10.8. The number of hydrogen-bond acceptors (Lipinski definition) is 5. The van der Waals surface area contributed by atoms with E-state index in [0.717, 1.165) is 35.3 Å². The minimum Gasteiger partial charge on any atom is -0.489 e. The standard InChI is InChI=1S/C34H30N2O4/c37-28-16-20-35-31(33(28)40-23-24-10-3-1-4-11-24)32(38)27-22-36(35)30(25-12-5-2-6-13-25)26-14-7-8-15-29(26)39-21-9-17-34(27)18-19-34/h1-17,20,27,30H,18-19,21-23H2/b17-9+. The molecule has 6 nitrogen and oxygen atoms in total. The lowest BCUT2D eigenvalue weighted by Gasteiger charge is -2.44. The van der Waals surface area contributed by atoms with Crippen molar-refractivity contribution in [3.63, 3.8) is 0 Å². The van der Waals surface area contributed by atoms with E-state index >= 15 is 0 Å². The van der Waals surface area contributed by atoms with Gasteiger partial charge in [0.05, 0.1) is 12.0 Å². The molecule has 7 rings (SSSR count). The van der Waals surface area contributed by atoms with Gasteiger partial charge >= 0.3 is 0 Å². The molecule has 2 bridgehead atoms. The Balaban J connectivity index is 1.44. The Morgan fingerprint density at radius 2 is 1.60 bits per heavy atom. The first kappa shape index (κ1) is 24.5. The van der Waals surface area contributed by atoms with Crippen molar-refractivity contribution in [2.45, 2.75) is 25.5 Å². The molecule has 200 valence electrons. The van der Waals surface area contributed by atoms with Crippen molar-refractivity contribution < 1.29 is 14.3 Å². The maximum absolute atomic E-state index is 14.4. The Labute approximate surface area is 233 Å². The number of carbonyl (C=O) groups is 1. The van der Waals surface area contributed by atoms with Crippen LogP contribution in [0.4, 0.5) is 0 Å². The van der Waals surface area contributed by atoms with Gasteiger partial charge in [-0.05, 0) is 30.0 Å². The number of hydrogen-bond donors (Lipinski definition) is 0. The van der Waals surface area contributed by atoms with E-state index in [9.17, 15) is 9.59 Å². The van der Waals surface area contributed by atoms with Gasteiger partial charge in [0.15, 0.2) is 17.2 Å². The molecule has 3 heterocycles. The highest BCUT2D eigenvalue weighted by atomic mass is 16.5. The van der Waals surface area contributed by atoms with Crippen molar-refractivity contribution in [3.8, 4) is 11.5 Å². The SMILES string of the molecule is O=C1c2c(OCc3ccccc3)c(=O)ccn2N2CC1C1(/C=C/COc3ccccc3C2c2ccccc2)CC1. The van der Waals surface area contributed by atoms with Crippen LogP contribution in [0.1, 0.15) is 46.1 Å². The lowest BCUT2D eigenvalue weighted by atomic mass is 9.81. The highest BCUT2D eigenvalue weighted by Gasteiger charge is 2.54. The van der Waals surface area contributed by atoms with E-state index < -0.39 is 0 Å². The second kappa shape index (κ2) is 9.87. The minimum atomic E-state index is -0.318. The average molecular weight is 531 g/mol. The summed E-state index contributed by atoms with van der Waals surface area (Å²) in [7, 11) is 0. The van der Waals surface area contributed by atoms with Crippen LogP contribution >= 0.6 is 0 Å². The summed E-state index contributed by atoms with van der Waals surface area (Å²) in [6.45, 7) is 1.14. The number of allylic oxidation sites excluding steroid dienone is 1. The number of fused-ring (bicyclic) bond motifs is 6. The molecule has 0 saturated heterocycles. The van der Waals surface area contributed by atoms with Crippen molar-refractivity contribution >= 4 is 5.78 Å². The summed E-state index contributed by atoms with van der Waals surface area (Å²) in [5.41, 5.74) is 2.77. The molecule has 4 aromatic rings. The van der Waals surface area contributed by atoms with Gasteiger partial charge in [0.2, 0.25) is 5.43 Å². The molecule has 0 N–H and O–H groups in total. The monoisotopic (exact) mass is 530 g/mol. The first-order chi connectivity index (χ1) is 19.6. The van der Waals surface area contributed by atoms with Gasteiger partial charge in [-0.2, -0.15) is 0 Å². The Morgan fingerprint density at radius 3 is 2.38 bits per heavy atom. The van der Waals surface area contributed by atoms with Crippen molar-refractivity contribution in [1.29, 1.82) is 0 Å². The number of ketones is 1. The molecule has 2 aliphatic heterocycles. The van der Waals surface area contributed by atoms with Crippen LogP contribution < -0.4 is 19.9 Å². The number of aromatic nitrogens is 1. The van der Waals surface area contributed by atoms with E-state index in [0.29, 0.717) is 18.8 Å². The van der Waals surface area contributed by atoms with Crippen LogP contribution in [0.5, 0.6) is 11.5 Å². The highest BCUT2D eigenvalue weighted by Crippen LogP contribution is 2.56. The van der Waals surface area contributed by atoms with Crippen LogP contribution in [-0.2, 0) is 6.61 Å². The van der Waals surface area contributed by atoms with E-state index in [1.807, 2.05) is 77.5 Å². The fraction of sp³-hybridized carbons (Fsp3) is 0.235. The summed E-state index contributed by atoms with van der Waals surface area (Å²) in [6.07, 6.45) is 7.78. The number of nitrogens with zero attached hydrogens (tertiary/aromatic N) is 2. The number of rotatable bonds is 4. The Bertz CT molecular complexity index is 1640. The first-order valence-electron chi connectivity index (χ1n) is 13.8. The van der Waals surface area contributed by atoms with Crippen LogP contribution in [0.15, 0.2) is 114 Å².